The molecule has 0 aliphatic carbocycles. The molecule has 1 fully saturated rings. The zero-order valence-electron chi connectivity index (χ0n) is 12.4. The molecule has 1 amide bonds. The number of carbonyl (C=O) groups is 1. The van der Waals surface area contributed by atoms with E-state index in [-0.39, 0.29) is 11.9 Å². The summed E-state index contributed by atoms with van der Waals surface area (Å²) in [6.45, 7) is 5.65. The molecule has 2 N–H and O–H groups in total. The molecule has 8 nitrogen and oxygen atoms in total. The highest BCUT2D eigenvalue weighted by Crippen LogP contribution is 2.16. The topological polar surface area (TPSA) is 89.7 Å². The van der Waals surface area contributed by atoms with Crippen LogP contribution in [0.2, 0.25) is 0 Å². The number of nitrogens with zero attached hydrogens (tertiary/aromatic N) is 5. The van der Waals surface area contributed by atoms with E-state index in [1.54, 1.807) is 21.8 Å². The fourth-order valence-electron chi connectivity index (χ4n) is 2.31. The van der Waals surface area contributed by atoms with Gasteiger partial charge in [-0.1, -0.05) is 5.21 Å². The first-order valence-electron chi connectivity index (χ1n) is 6.98. The monoisotopic (exact) mass is 289 g/mol. The Hall–Kier alpha value is -2.22. The Bertz CT molecular complexity index is 655. The van der Waals surface area contributed by atoms with Crippen LogP contribution in [-0.4, -0.2) is 43.8 Å². The van der Waals surface area contributed by atoms with Crippen LogP contribution >= 0.6 is 0 Å². The van der Waals surface area contributed by atoms with Gasteiger partial charge in [0.2, 0.25) is 0 Å². The minimum atomic E-state index is -0.218. The first kappa shape index (κ1) is 13.7. The second-order valence-electron chi connectivity index (χ2n) is 5.40. The second kappa shape index (κ2) is 5.28. The van der Waals surface area contributed by atoms with Gasteiger partial charge >= 0.3 is 0 Å². The van der Waals surface area contributed by atoms with Crippen LogP contribution in [0.15, 0.2) is 12.4 Å². The molecule has 1 aliphatic heterocycles. The molecule has 3 heterocycles. The summed E-state index contributed by atoms with van der Waals surface area (Å²) >= 11 is 0. The fraction of sp³-hybridized carbons (Fsp3) is 0.538. The molecule has 21 heavy (non-hydrogen) atoms. The lowest BCUT2D eigenvalue weighted by Gasteiger charge is -2.26. The highest BCUT2D eigenvalue weighted by molar-refractivity contribution is 5.92. The Morgan fingerprint density at radius 3 is 2.86 bits per heavy atom. The van der Waals surface area contributed by atoms with E-state index in [1.807, 2.05) is 20.9 Å². The minimum Gasteiger partial charge on any atom is -0.344 e. The quantitative estimate of drug-likeness (QED) is 0.824. The molecule has 0 spiro atoms. The van der Waals surface area contributed by atoms with Crippen molar-refractivity contribution in [1.29, 1.82) is 0 Å². The number of rotatable bonds is 4. The zero-order chi connectivity index (χ0) is 15.0. The Labute approximate surface area is 122 Å². The molecule has 3 rings (SSSR count). The van der Waals surface area contributed by atoms with E-state index in [2.05, 4.69) is 26.0 Å². The summed E-state index contributed by atoms with van der Waals surface area (Å²) in [4.78, 5) is 12.2. The third-order valence-corrected chi connectivity index (χ3v) is 3.96. The normalized spacial score (nSPS) is 16.5. The standard InChI is InChI=1S/C13H19N7O/c1-8(11-6-15-19(3)9(11)2)16-13(21)12-7-20(18-17-12)10-4-14-5-10/h6-8,10,14H,4-5H2,1-3H3,(H,16,21). The third kappa shape index (κ3) is 2.54. The zero-order valence-corrected chi connectivity index (χ0v) is 12.4. The molecule has 1 unspecified atom stereocenters. The average molecular weight is 289 g/mol. The number of aromatic nitrogens is 5. The molecule has 1 aliphatic rings. The summed E-state index contributed by atoms with van der Waals surface area (Å²) in [5.41, 5.74) is 2.38. The lowest BCUT2D eigenvalue weighted by Crippen LogP contribution is -2.43. The Balaban J connectivity index is 1.68. The van der Waals surface area contributed by atoms with Gasteiger partial charge in [-0.25, -0.2) is 4.68 Å². The highest BCUT2D eigenvalue weighted by Gasteiger charge is 2.22. The lowest BCUT2D eigenvalue weighted by atomic mass is 10.1. The molecule has 8 heteroatoms. The summed E-state index contributed by atoms with van der Waals surface area (Å²) in [6.07, 6.45) is 3.47. The van der Waals surface area contributed by atoms with Crippen LogP contribution in [0.4, 0.5) is 0 Å². The Morgan fingerprint density at radius 2 is 2.29 bits per heavy atom. The van der Waals surface area contributed by atoms with Crippen LogP contribution in [0.25, 0.3) is 0 Å². The average Bonchev–Trinajstić information content (AvgIpc) is 2.97. The number of nitrogens with one attached hydrogen (secondary N) is 2. The number of amides is 1. The van der Waals surface area contributed by atoms with Crippen molar-refractivity contribution < 1.29 is 4.79 Å². The van der Waals surface area contributed by atoms with Gasteiger partial charge in [0, 0.05) is 31.4 Å². The molecule has 1 atom stereocenters. The van der Waals surface area contributed by atoms with Gasteiger partial charge in [0.15, 0.2) is 5.69 Å². The molecule has 0 saturated carbocycles. The van der Waals surface area contributed by atoms with E-state index in [0.29, 0.717) is 11.7 Å². The van der Waals surface area contributed by atoms with E-state index in [0.717, 1.165) is 24.3 Å². The third-order valence-electron chi connectivity index (χ3n) is 3.96. The van der Waals surface area contributed by atoms with Crippen molar-refractivity contribution in [3.05, 3.63) is 29.3 Å². The summed E-state index contributed by atoms with van der Waals surface area (Å²) in [5.74, 6) is -0.218. The number of aryl methyl sites for hydroxylation is 1. The van der Waals surface area contributed by atoms with Gasteiger partial charge in [0.05, 0.1) is 24.5 Å². The van der Waals surface area contributed by atoms with Crippen molar-refractivity contribution in [1.82, 2.24) is 35.4 Å². The molecule has 112 valence electrons. The van der Waals surface area contributed by atoms with Gasteiger partial charge in [-0.2, -0.15) is 5.10 Å². The SMILES string of the molecule is Cc1c(C(C)NC(=O)c2cn(C3CNC3)nn2)cnn1C. The Morgan fingerprint density at radius 1 is 1.52 bits per heavy atom. The van der Waals surface area contributed by atoms with Gasteiger partial charge in [-0.05, 0) is 13.8 Å². The highest BCUT2D eigenvalue weighted by atomic mass is 16.2. The molecule has 0 bridgehead atoms. The van der Waals surface area contributed by atoms with Crippen molar-refractivity contribution in [2.24, 2.45) is 7.05 Å². The number of hydrogen-bond acceptors (Lipinski definition) is 5. The van der Waals surface area contributed by atoms with Crippen LogP contribution in [0.1, 0.15) is 40.8 Å². The van der Waals surface area contributed by atoms with Gasteiger partial charge in [-0.3, -0.25) is 9.48 Å². The van der Waals surface area contributed by atoms with Crippen LogP contribution < -0.4 is 10.6 Å². The molecule has 2 aromatic rings. The summed E-state index contributed by atoms with van der Waals surface area (Å²) in [6, 6.07) is 0.179. The van der Waals surface area contributed by atoms with Crippen molar-refractivity contribution in [3.63, 3.8) is 0 Å². The maximum absolute atomic E-state index is 12.2. The van der Waals surface area contributed by atoms with Crippen molar-refractivity contribution >= 4 is 5.91 Å². The van der Waals surface area contributed by atoms with Crippen molar-refractivity contribution in [2.75, 3.05) is 13.1 Å². The van der Waals surface area contributed by atoms with Crippen molar-refractivity contribution in [3.8, 4) is 0 Å². The first-order chi connectivity index (χ1) is 10.1. The summed E-state index contributed by atoms with van der Waals surface area (Å²) in [7, 11) is 1.88. The fourth-order valence-corrected chi connectivity index (χ4v) is 2.31. The largest absolute Gasteiger partial charge is 0.344 e. The van der Waals surface area contributed by atoms with Crippen molar-refractivity contribution in [2.45, 2.75) is 25.9 Å². The van der Waals surface area contributed by atoms with E-state index in [1.165, 1.54) is 0 Å². The predicted molar refractivity (Wildman–Crippen MR) is 75.8 cm³/mol. The molecular formula is C13H19N7O. The smallest absolute Gasteiger partial charge is 0.273 e. The lowest BCUT2D eigenvalue weighted by molar-refractivity contribution is 0.0934. The van der Waals surface area contributed by atoms with E-state index in [4.69, 9.17) is 0 Å². The van der Waals surface area contributed by atoms with E-state index < -0.39 is 0 Å². The summed E-state index contributed by atoms with van der Waals surface area (Å²) in [5, 5.41) is 18.2. The molecular weight excluding hydrogens is 270 g/mol. The number of hydrogen-bond donors (Lipinski definition) is 2. The molecule has 0 radical (unpaired) electrons. The van der Waals surface area contributed by atoms with Crippen LogP contribution in [-0.2, 0) is 7.05 Å². The van der Waals surface area contributed by atoms with Gasteiger partial charge < -0.3 is 10.6 Å². The van der Waals surface area contributed by atoms with Gasteiger partial charge in [0.25, 0.3) is 5.91 Å². The number of carbonyl (C=O) groups excluding carboxylic acids is 1. The molecule has 0 aromatic carbocycles. The maximum Gasteiger partial charge on any atom is 0.273 e. The second-order valence-corrected chi connectivity index (χ2v) is 5.40. The van der Waals surface area contributed by atoms with E-state index in [9.17, 15) is 4.79 Å². The summed E-state index contributed by atoms with van der Waals surface area (Å²) < 4.78 is 3.53. The molecule has 1 saturated heterocycles. The first-order valence-corrected chi connectivity index (χ1v) is 6.98. The minimum absolute atomic E-state index is 0.123. The maximum atomic E-state index is 12.2. The predicted octanol–water partition coefficient (Wildman–Crippen LogP) is -0.0447. The van der Waals surface area contributed by atoms with Crippen LogP contribution in [0.3, 0.4) is 0 Å². The Kier molecular flexibility index (Phi) is 3.46. The van der Waals surface area contributed by atoms with E-state index >= 15 is 0 Å². The van der Waals surface area contributed by atoms with Crippen LogP contribution in [0.5, 0.6) is 0 Å². The molecule has 2 aromatic heterocycles. The van der Waals surface area contributed by atoms with Gasteiger partial charge in [-0.15, -0.1) is 5.10 Å². The van der Waals surface area contributed by atoms with Gasteiger partial charge in [0.1, 0.15) is 0 Å². The van der Waals surface area contributed by atoms with Crippen LogP contribution in [0, 0.1) is 6.92 Å².